The molecule has 0 spiro atoms. The van der Waals surface area contributed by atoms with Crippen molar-refractivity contribution in [3.8, 4) is 11.1 Å². The SMILES string of the molecule is CC1=[C-]C(C)(C)c2cc3c(cc21)-c1cc2c(cc1C3)C(C)(C)C=C2C.CC1=[C-]C(C)C=C1c1ccccc1.[Cl-].[Cl-].[Zr+2]=[CH]c1cccc2ccccc12. The van der Waals surface area contributed by atoms with Gasteiger partial charge in [0.15, 0.2) is 0 Å². The van der Waals surface area contributed by atoms with Gasteiger partial charge in [-0.15, -0.1) is 17.2 Å². The molecule has 0 saturated heterocycles. The number of fused-ring (bicyclic) bond motifs is 6. The van der Waals surface area contributed by atoms with E-state index >= 15 is 0 Å². The van der Waals surface area contributed by atoms with Crippen molar-refractivity contribution in [2.75, 3.05) is 0 Å². The first kappa shape index (κ1) is 39.9. The van der Waals surface area contributed by atoms with E-state index in [1.54, 1.807) is 0 Å². The van der Waals surface area contributed by atoms with Gasteiger partial charge in [0.05, 0.1) is 0 Å². The van der Waals surface area contributed by atoms with E-state index in [9.17, 15) is 0 Å². The second-order valence-corrected chi connectivity index (χ2v) is 16.1. The summed E-state index contributed by atoms with van der Waals surface area (Å²) >= 11 is 1.46. The Morgan fingerprint density at radius 2 is 1.31 bits per heavy atom. The van der Waals surface area contributed by atoms with Crippen molar-refractivity contribution in [2.24, 2.45) is 5.92 Å². The molecule has 0 N–H and O–H groups in total. The molecule has 52 heavy (non-hydrogen) atoms. The van der Waals surface area contributed by atoms with Gasteiger partial charge < -0.3 is 24.8 Å². The normalized spacial score (nSPS) is 17.5. The van der Waals surface area contributed by atoms with Crippen LogP contribution in [-0.2, 0) is 41.5 Å². The minimum atomic E-state index is 0. The third kappa shape index (κ3) is 7.53. The molecule has 0 amide bonds. The molecule has 5 aromatic carbocycles. The van der Waals surface area contributed by atoms with Crippen LogP contribution in [0.2, 0.25) is 0 Å². The molecule has 0 nitrogen and oxygen atoms in total. The molecule has 0 saturated carbocycles. The molecule has 262 valence electrons. The van der Waals surface area contributed by atoms with E-state index in [1.807, 2.05) is 6.07 Å². The Kier molecular flexibility index (Phi) is 11.9. The number of benzene rings is 5. The van der Waals surface area contributed by atoms with Crippen LogP contribution in [0, 0.1) is 18.1 Å². The van der Waals surface area contributed by atoms with Gasteiger partial charge in [0, 0.05) is 5.41 Å². The number of rotatable bonds is 2. The second-order valence-electron chi connectivity index (χ2n) is 15.4. The average molecular weight is 797 g/mol. The molecular weight excluding hydrogens is 751 g/mol. The van der Waals surface area contributed by atoms with Gasteiger partial charge in [-0.2, -0.15) is 17.2 Å². The van der Waals surface area contributed by atoms with Crippen LogP contribution >= 0.6 is 0 Å². The molecule has 0 heterocycles. The van der Waals surface area contributed by atoms with Crippen LogP contribution in [0.15, 0.2) is 115 Å². The van der Waals surface area contributed by atoms with Crippen LogP contribution < -0.4 is 24.8 Å². The maximum absolute atomic E-state index is 3.65. The third-order valence-electron chi connectivity index (χ3n) is 10.8. The van der Waals surface area contributed by atoms with Crippen molar-refractivity contribution in [3.63, 3.8) is 0 Å². The summed E-state index contributed by atoms with van der Waals surface area (Å²) in [5.74, 6) is 0.468. The minimum absolute atomic E-state index is 0. The van der Waals surface area contributed by atoms with Gasteiger partial charge >= 0.3 is 86.7 Å². The van der Waals surface area contributed by atoms with Gasteiger partial charge in [-0.05, 0) is 58.4 Å². The number of hydrogen-bond acceptors (Lipinski definition) is 0. The second kappa shape index (κ2) is 15.6. The maximum atomic E-state index is 3.65. The van der Waals surface area contributed by atoms with E-state index in [2.05, 4.69) is 174 Å². The fraction of sp³-hybridized carbons (Fsp3) is 0.245. The molecule has 1 unspecified atom stereocenters. The molecule has 0 aromatic heterocycles. The number of halogens is 2. The molecule has 0 aliphatic heterocycles. The van der Waals surface area contributed by atoms with Gasteiger partial charge in [0.25, 0.3) is 0 Å². The van der Waals surface area contributed by atoms with Crippen molar-refractivity contribution in [2.45, 2.75) is 72.6 Å². The van der Waals surface area contributed by atoms with E-state index in [1.165, 1.54) is 113 Å². The molecule has 9 rings (SSSR count). The van der Waals surface area contributed by atoms with E-state index in [0.29, 0.717) is 5.92 Å². The van der Waals surface area contributed by atoms with Gasteiger partial charge in [0.1, 0.15) is 0 Å². The third-order valence-corrected chi connectivity index (χ3v) is 11.5. The van der Waals surface area contributed by atoms with E-state index in [-0.39, 0.29) is 35.6 Å². The molecule has 5 aromatic rings. The Balaban J connectivity index is 0.000000164. The van der Waals surface area contributed by atoms with Crippen molar-refractivity contribution in [1.29, 1.82) is 0 Å². The topological polar surface area (TPSA) is 0 Å². The van der Waals surface area contributed by atoms with Crippen LogP contribution in [0.25, 0.3) is 38.6 Å². The van der Waals surface area contributed by atoms with Gasteiger partial charge in [-0.25, -0.2) is 11.1 Å². The Bertz CT molecular complexity index is 2210. The standard InChI is InChI=1S/C25H25.C13H13.C11H8.2ClH.Zr/c1-14-12-24(3,4)22-8-16-7-17-9-23-19(15(2)13-25(23,5)6)11-21(17)20(16)10-18(14)22;1-10-8-11(2)13(9-10)12-6-4-3-5-7-12;1-9-5-4-7-10-6-2-3-8-11(9)10;;;/h8-12H,7H2,1-6H3;3-7,9-10H,1-2H3;1-8H;2*1H;/q2*-1;;;;+2/p-2. The van der Waals surface area contributed by atoms with Crippen LogP contribution in [0.4, 0.5) is 0 Å². The molecule has 4 aliphatic carbocycles. The average Bonchev–Trinajstić information content (AvgIpc) is 3.77. The van der Waals surface area contributed by atoms with E-state index < -0.39 is 0 Å². The molecule has 0 radical (unpaired) electrons. The summed E-state index contributed by atoms with van der Waals surface area (Å²) in [6.07, 6.45) is 12.8. The summed E-state index contributed by atoms with van der Waals surface area (Å²) in [5.41, 5.74) is 19.8. The van der Waals surface area contributed by atoms with Crippen molar-refractivity contribution < 1.29 is 49.0 Å². The van der Waals surface area contributed by atoms with Crippen LogP contribution in [-0.4, -0.2) is 3.71 Å². The fourth-order valence-electron chi connectivity index (χ4n) is 8.42. The predicted molar refractivity (Wildman–Crippen MR) is 212 cm³/mol. The van der Waals surface area contributed by atoms with E-state index in [4.69, 9.17) is 0 Å². The fourth-order valence-corrected chi connectivity index (χ4v) is 9.04. The van der Waals surface area contributed by atoms with Crippen molar-refractivity contribution >= 4 is 31.2 Å². The Labute approximate surface area is 339 Å². The Morgan fingerprint density at radius 3 is 1.96 bits per heavy atom. The van der Waals surface area contributed by atoms with Gasteiger partial charge in [-0.3, -0.25) is 12.2 Å². The summed E-state index contributed by atoms with van der Waals surface area (Å²) in [6, 6.07) is 35.2. The molecule has 3 heteroatoms. The zero-order valence-electron chi connectivity index (χ0n) is 31.5. The van der Waals surface area contributed by atoms with Gasteiger partial charge in [0.2, 0.25) is 0 Å². The first-order valence-electron chi connectivity index (χ1n) is 17.9. The molecule has 4 aliphatic rings. The first-order valence-corrected chi connectivity index (χ1v) is 19.3. The molecular formula is C49H46Cl2Zr-2. The monoisotopic (exact) mass is 794 g/mol. The predicted octanol–water partition coefficient (Wildman–Crippen LogP) is 6.46. The molecule has 0 bridgehead atoms. The van der Waals surface area contributed by atoms with Gasteiger partial charge in [-0.1, -0.05) is 108 Å². The summed E-state index contributed by atoms with van der Waals surface area (Å²) in [7, 11) is 0. The summed E-state index contributed by atoms with van der Waals surface area (Å²) in [6.45, 7) is 18.0. The Morgan fingerprint density at radius 1 is 0.692 bits per heavy atom. The molecule has 1 atom stereocenters. The zero-order chi connectivity index (χ0) is 35.4. The van der Waals surface area contributed by atoms with E-state index in [0.717, 1.165) is 6.42 Å². The zero-order valence-corrected chi connectivity index (χ0v) is 35.5. The summed E-state index contributed by atoms with van der Waals surface area (Å²) in [5, 5.41) is 2.69. The summed E-state index contributed by atoms with van der Waals surface area (Å²) in [4.78, 5) is 0. The summed E-state index contributed by atoms with van der Waals surface area (Å²) < 4.78 is 2.23. The van der Waals surface area contributed by atoms with Crippen molar-refractivity contribution in [3.05, 3.63) is 171 Å². The van der Waals surface area contributed by atoms with Crippen LogP contribution in [0.1, 0.15) is 99.9 Å². The quantitative estimate of drug-likeness (QED) is 0.177. The van der Waals surface area contributed by atoms with Crippen LogP contribution in [0.3, 0.4) is 0 Å². The van der Waals surface area contributed by atoms with Crippen molar-refractivity contribution in [1.82, 2.24) is 0 Å². The van der Waals surface area contributed by atoms with Crippen LogP contribution in [0.5, 0.6) is 0 Å². The number of hydrogen-bond donors (Lipinski definition) is 0. The number of allylic oxidation sites excluding steroid dienone is 8. The first-order chi connectivity index (χ1) is 23.9. The Hall–Kier alpha value is -3.35. The molecule has 0 fully saturated rings.